The van der Waals surface area contributed by atoms with Crippen LogP contribution >= 0.6 is 11.3 Å². The number of anilines is 2. The molecular weight excluding hydrogens is 248 g/mol. The zero-order valence-corrected chi connectivity index (χ0v) is 10.7. The first-order valence-electron chi connectivity index (χ1n) is 5.43. The Morgan fingerprint density at radius 2 is 2.33 bits per heavy atom. The summed E-state index contributed by atoms with van der Waals surface area (Å²) in [5, 5.41) is 5.22. The van der Waals surface area contributed by atoms with Gasteiger partial charge in [-0.3, -0.25) is 4.79 Å². The molecule has 0 aliphatic rings. The van der Waals surface area contributed by atoms with Gasteiger partial charge in [0.2, 0.25) is 0 Å². The van der Waals surface area contributed by atoms with E-state index in [0.29, 0.717) is 5.82 Å². The zero-order chi connectivity index (χ0) is 13.1. The number of thiophene rings is 1. The van der Waals surface area contributed by atoms with E-state index in [-0.39, 0.29) is 17.3 Å². The van der Waals surface area contributed by atoms with Crippen molar-refractivity contribution in [2.24, 2.45) is 5.73 Å². The largest absolute Gasteiger partial charge is 0.397 e. The highest BCUT2D eigenvalue weighted by Gasteiger charge is 2.11. The Morgan fingerprint density at radius 3 is 2.94 bits per heavy atom. The van der Waals surface area contributed by atoms with Gasteiger partial charge in [-0.15, -0.1) is 11.3 Å². The molecule has 0 spiro atoms. The van der Waals surface area contributed by atoms with Gasteiger partial charge in [0, 0.05) is 4.88 Å². The van der Waals surface area contributed by atoms with Crippen LogP contribution < -0.4 is 16.8 Å². The van der Waals surface area contributed by atoms with Gasteiger partial charge < -0.3 is 16.8 Å². The SMILES string of the molecule is CC(Nc1cc(C(N)=O)c(N)cn1)c1cccs1. The van der Waals surface area contributed by atoms with Gasteiger partial charge in [0.1, 0.15) is 5.82 Å². The van der Waals surface area contributed by atoms with Gasteiger partial charge in [-0.2, -0.15) is 0 Å². The number of rotatable bonds is 4. The smallest absolute Gasteiger partial charge is 0.250 e. The molecule has 0 aliphatic carbocycles. The average Bonchev–Trinajstić information content (AvgIpc) is 2.85. The van der Waals surface area contributed by atoms with Crippen molar-refractivity contribution in [2.75, 3.05) is 11.1 Å². The monoisotopic (exact) mass is 262 g/mol. The van der Waals surface area contributed by atoms with Crippen molar-refractivity contribution < 1.29 is 4.79 Å². The number of aromatic nitrogens is 1. The van der Waals surface area contributed by atoms with Crippen LogP contribution in [-0.4, -0.2) is 10.9 Å². The summed E-state index contributed by atoms with van der Waals surface area (Å²) in [7, 11) is 0. The molecule has 0 aromatic carbocycles. The molecule has 0 bridgehead atoms. The molecule has 6 heteroatoms. The van der Waals surface area contributed by atoms with E-state index in [9.17, 15) is 4.79 Å². The van der Waals surface area contributed by atoms with E-state index in [0.717, 1.165) is 0 Å². The van der Waals surface area contributed by atoms with Gasteiger partial charge in [-0.25, -0.2) is 4.98 Å². The van der Waals surface area contributed by atoms with E-state index in [2.05, 4.69) is 10.3 Å². The van der Waals surface area contributed by atoms with Crippen molar-refractivity contribution >= 4 is 28.7 Å². The number of carbonyl (C=O) groups excluding carboxylic acids is 1. The summed E-state index contributed by atoms with van der Waals surface area (Å²) in [6.07, 6.45) is 1.43. The van der Waals surface area contributed by atoms with Crippen molar-refractivity contribution in [3.8, 4) is 0 Å². The number of nitrogen functional groups attached to an aromatic ring is 1. The van der Waals surface area contributed by atoms with Crippen LogP contribution in [0.5, 0.6) is 0 Å². The zero-order valence-electron chi connectivity index (χ0n) is 9.88. The molecule has 1 atom stereocenters. The molecule has 0 saturated carbocycles. The second-order valence-electron chi connectivity index (χ2n) is 3.90. The summed E-state index contributed by atoms with van der Waals surface area (Å²) in [4.78, 5) is 16.5. The number of amides is 1. The highest BCUT2D eigenvalue weighted by Crippen LogP contribution is 2.23. The minimum Gasteiger partial charge on any atom is -0.397 e. The minimum absolute atomic E-state index is 0.113. The van der Waals surface area contributed by atoms with Crippen molar-refractivity contribution in [2.45, 2.75) is 13.0 Å². The summed E-state index contributed by atoms with van der Waals surface area (Å²) >= 11 is 1.66. The molecule has 0 aliphatic heterocycles. The Balaban J connectivity index is 2.20. The third kappa shape index (κ3) is 2.60. The molecule has 94 valence electrons. The van der Waals surface area contributed by atoms with E-state index >= 15 is 0 Å². The van der Waals surface area contributed by atoms with Crippen LogP contribution in [-0.2, 0) is 0 Å². The molecular formula is C12H14N4OS. The van der Waals surface area contributed by atoms with Gasteiger partial charge in [-0.05, 0) is 24.4 Å². The molecule has 1 amide bonds. The molecule has 0 fully saturated rings. The fourth-order valence-electron chi connectivity index (χ4n) is 1.59. The lowest BCUT2D eigenvalue weighted by Crippen LogP contribution is -2.15. The normalized spacial score (nSPS) is 12.1. The predicted molar refractivity (Wildman–Crippen MR) is 73.5 cm³/mol. The molecule has 2 aromatic rings. The van der Waals surface area contributed by atoms with Crippen LogP contribution in [0.3, 0.4) is 0 Å². The summed E-state index contributed by atoms with van der Waals surface area (Å²) in [6, 6.07) is 5.71. The van der Waals surface area contributed by atoms with Crippen LogP contribution in [0.4, 0.5) is 11.5 Å². The van der Waals surface area contributed by atoms with E-state index < -0.39 is 5.91 Å². The molecule has 5 nitrogen and oxygen atoms in total. The number of nitrogens with one attached hydrogen (secondary N) is 1. The van der Waals surface area contributed by atoms with Crippen molar-refractivity contribution in [3.05, 3.63) is 40.2 Å². The lowest BCUT2D eigenvalue weighted by atomic mass is 10.2. The molecule has 2 aromatic heterocycles. The minimum atomic E-state index is -0.554. The highest BCUT2D eigenvalue weighted by atomic mass is 32.1. The van der Waals surface area contributed by atoms with Crippen LogP contribution in [0, 0.1) is 0 Å². The Labute approximate surface area is 109 Å². The summed E-state index contributed by atoms with van der Waals surface area (Å²) in [5.74, 6) is 0.0284. The Morgan fingerprint density at radius 1 is 1.56 bits per heavy atom. The van der Waals surface area contributed by atoms with Gasteiger partial charge in [-0.1, -0.05) is 6.07 Å². The molecule has 2 heterocycles. The quantitative estimate of drug-likeness (QED) is 0.785. The van der Waals surface area contributed by atoms with Gasteiger partial charge in [0.25, 0.3) is 5.91 Å². The van der Waals surface area contributed by atoms with Crippen LogP contribution in [0.25, 0.3) is 0 Å². The lowest BCUT2D eigenvalue weighted by molar-refractivity contribution is 0.100. The maximum atomic E-state index is 11.2. The maximum Gasteiger partial charge on any atom is 0.250 e. The third-order valence-electron chi connectivity index (χ3n) is 2.53. The average molecular weight is 262 g/mol. The molecule has 2 rings (SSSR count). The fraction of sp³-hybridized carbons (Fsp3) is 0.167. The standard InChI is InChI=1S/C12H14N4OS/c1-7(10-3-2-4-18-10)16-11-5-8(12(14)17)9(13)6-15-11/h2-7H,13H2,1H3,(H2,14,17)(H,15,16). The summed E-state index contributed by atoms with van der Waals surface area (Å²) in [6.45, 7) is 2.02. The topological polar surface area (TPSA) is 94.0 Å². The number of nitrogens with zero attached hydrogens (tertiary/aromatic N) is 1. The maximum absolute atomic E-state index is 11.2. The van der Waals surface area contributed by atoms with E-state index in [1.807, 2.05) is 24.4 Å². The molecule has 0 saturated heterocycles. The number of carbonyl (C=O) groups is 1. The Bertz CT molecular complexity index is 553. The predicted octanol–water partition coefficient (Wildman–Crippen LogP) is 2.00. The second kappa shape index (κ2) is 5.05. The van der Waals surface area contributed by atoms with Crippen LogP contribution in [0.15, 0.2) is 29.8 Å². The number of hydrogen-bond acceptors (Lipinski definition) is 5. The van der Waals surface area contributed by atoms with Crippen molar-refractivity contribution in [1.82, 2.24) is 4.98 Å². The first-order valence-corrected chi connectivity index (χ1v) is 6.31. The van der Waals surface area contributed by atoms with E-state index in [1.165, 1.54) is 11.1 Å². The molecule has 1 unspecified atom stereocenters. The van der Waals surface area contributed by atoms with E-state index in [4.69, 9.17) is 11.5 Å². The molecule has 18 heavy (non-hydrogen) atoms. The third-order valence-corrected chi connectivity index (χ3v) is 3.59. The fourth-order valence-corrected chi connectivity index (χ4v) is 2.32. The van der Waals surface area contributed by atoms with E-state index in [1.54, 1.807) is 17.4 Å². The first kappa shape index (κ1) is 12.4. The molecule has 0 radical (unpaired) electrons. The first-order chi connectivity index (χ1) is 8.58. The summed E-state index contributed by atoms with van der Waals surface area (Å²) < 4.78 is 0. The van der Waals surface area contributed by atoms with Crippen molar-refractivity contribution in [3.63, 3.8) is 0 Å². The number of primary amides is 1. The highest BCUT2D eigenvalue weighted by molar-refractivity contribution is 7.10. The Kier molecular flexibility index (Phi) is 3.47. The van der Waals surface area contributed by atoms with Gasteiger partial charge in [0.05, 0.1) is 23.5 Å². The molecule has 5 N–H and O–H groups in total. The second-order valence-corrected chi connectivity index (χ2v) is 4.88. The Hall–Kier alpha value is -2.08. The number of nitrogens with two attached hydrogens (primary N) is 2. The lowest BCUT2D eigenvalue weighted by Gasteiger charge is -2.13. The van der Waals surface area contributed by atoms with Crippen molar-refractivity contribution in [1.29, 1.82) is 0 Å². The number of hydrogen-bond donors (Lipinski definition) is 3. The number of pyridine rings is 1. The van der Waals surface area contributed by atoms with Gasteiger partial charge >= 0.3 is 0 Å². The van der Waals surface area contributed by atoms with Crippen LogP contribution in [0.2, 0.25) is 0 Å². The van der Waals surface area contributed by atoms with Gasteiger partial charge in [0.15, 0.2) is 0 Å². The van der Waals surface area contributed by atoms with Crippen LogP contribution in [0.1, 0.15) is 28.2 Å². The summed E-state index contributed by atoms with van der Waals surface area (Å²) in [5.41, 5.74) is 11.4.